The molecule has 0 bridgehead atoms. The maximum Gasteiger partial charge on any atom is 0.178 e. The number of sulfone groups is 1. The van der Waals surface area contributed by atoms with Crippen LogP contribution in [0.25, 0.3) is 0 Å². The summed E-state index contributed by atoms with van der Waals surface area (Å²) in [7, 11) is -3.07. The molecule has 0 saturated heterocycles. The van der Waals surface area contributed by atoms with Crippen molar-refractivity contribution in [1.82, 2.24) is 0 Å². The Labute approximate surface area is 104 Å². The fourth-order valence-electron chi connectivity index (χ4n) is 1.55. The number of hydrogen-bond acceptors (Lipinski definition) is 3. The molecule has 96 valence electrons. The molecular weight excluding hydrogens is 234 g/mol. The van der Waals surface area contributed by atoms with Crippen LogP contribution in [0.5, 0.6) is 0 Å². The van der Waals surface area contributed by atoms with Crippen LogP contribution in [-0.4, -0.2) is 20.7 Å². The molecule has 0 heterocycles. The van der Waals surface area contributed by atoms with Crippen molar-refractivity contribution in [2.75, 3.05) is 17.6 Å². The molecule has 0 aliphatic rings. The summed E-state index contributed by atoms with van der Waals surface area (Å²) in [5, 5.41) is 3.28. The third kappa shape index (κ3) is 4.38. The van der Waals surface area contributed by atoms with E-state index in [4.69, 9.17) is 0 Å². The normalized spacial score (nSPS) is 11.4. The molecule has 0 fully saturated rings. The van der Waals surface area contributed by atoms with E-state index in [0.717, 1.165) is 18.7 Å². The average Bonchev–Trinajstić information content (AvgIpc) is 2.35. The summed E-state index contributed by atoms with van der Waals surface area (Å²) in [5.74, 6) is 0.149. The second kappa shape index (κ2) is 6.64. The van der Waals surface area contributed by atoms with E-state index >= 15 is 0 Å². The molecule has 0 unspecified atom stereocenters. The molecule has 0 aliphatic carbocycles. The highest BCUT2D eigenvalue weighted by molar-refractivity contribution is 7.91. The third-order valence-electron chi connectivity index (χ3n) is 2.70. The van der Waals surface area contributed by atoms with Crippen molar-refractivity contribution in [3.05, 3.63) is 24.3 Å². The van der Waals surface area contributed by atoms with Gasteiger partial charge in [0.1, 0.15) is 0 Å². The minimum absolute atomic E-state index is 0.149. The summed E-state index contributed by atoms with van der Waals surface area (Å²) >= 11 is 0. The molecule has 0 aliphatic heterocycles. The maximum atomic E-state index is 11.6. The number of benzene rings is 1. The lowest BCUT2D eigenvalue weighted by Gasteiger charge is -2.07. The Bertz CT molecular complexity index is 423. The SMILES string of the molecule is CCCCCNc1ccc(S(=O)(=O)CC)cc1. The lowest BCUT2D eigenvalue weighted by atomic mass is 10.2. The zero-order chi connectivity index (χ0) is 12.7. The van der Waals surface area contributed by atoms with Crippen LogP contribution in [0.15, 0.2) is 29.2 Å². The highest BCUT2D eigenvalue weighted by atomic mass is 32.2. The van der Waals surface area contributed by atoms with Crippen molar-refractivity contribution in [2.24, 2.45) is 0 Å². The van der Waals surface area contributed by atoms with Gasteiger partial charge in [0.15, 0.2) is 9.84 Å². The maximum absolute atomic E-state index is 11.6. The largest absolute Gasteiger partial charge is 0.385 e. The van der Waals surface area contributed by atoms with E-state index in [1.54, 1.807) is 19.1 Å². The lowest BCUT2D eigenvalue weighted by Crippen LogP contribution is -2.04. The van der Waals surface area contributed by atoms with Crippen molar-refractivity contribution in [2.45, 2.75) is 38.0 Å². The van der Waals surface area contributed by atoms with Gasteiger partial charge < -0.3 is 5.32 Å². The van der Waals surface area contributed by atoms with E-state index in [2.05, 4.69) is 12.2 Å². The minimum atomic E-state index is -3.07. The zero-order valence-electron chi connectivity index (χ0n) is 10.6. The van der Waals surface area contributed by atoms with Crippen molar-refractivity contribution in [1.29, 1.82) is 0 Å². The van der Waals surface area contributed by atoms with Crippen molar-refractivity contribution >= 4 is 15.5 Å². The van der Waals surface area contributed by atoms with Gasteiger partial charge in [-0.25, -0.2) is 8.42 Å². The van der Waals surface area contributed by atoms with Gasteiger partial charge in [0, 0.05) is 12.2 Å². The van der Waals surface area contributed by atoms with E-state index in [0.29, 0.717) is 4.90 Å². The summed E-state index contributed by atoms with van der Waals surface area (Å²) in [6.45, 7) is 4.77. The Morgan fingerprint density at radius 1 is 1.06 bits per heavy atom. The van der Waals surface area contributed by atoms with Crippen LogP contribution in [-0.2, 0) is 9.84 Å². The third-order valence-corrected chi connectivity index (χ3v) is 4.45. The predicted octanol–water partition coefficient (Wildman–Crippen LogP) is 3.08. The quantitative estimate of drug-likeness (QED) is 0.762. The second-order valence-corrected chi connectivity index (χ2v) is 6.34. The summed E-state index contributed by atoms with van der Waals surface area (Å²) in [5.41, 5.74) is 0.983. The second-order valence-electron chi connectivity index (χ2n) is 4.06. The van der Waals surface area contributed by atoms with Gasteiger partial charge in [-0.05, 0) is 30.7 Å². The van der Waals surface area contributed by atoms with Gasteiger partial charge in [-0.1, -0.05) is 26.7 Å². The van der Waals surface area contributed by atoms with Crippen LogP contribution in [0, 0.1) is 0 Å². The smallest absolute Gasteiger partial charge is 0.178 e. The molecule has 1 aromatic rings. The number of anilines is 1. The molecular formula is C13H21NO2S. The topological polar surface area (TPSA) is 46.2 Å². The number of nitrogens with one attached hydrogen (secondary N) is 1. The molecule has 1 N–H and O–H groups in total. The highest BCUT2D eigenvalue weighted by Crippen LogP contribution is 2.15. The minimum Gasteiger partial charge on any atom is -0.385 e. The fraction of sp³-hybridized carbons (Fsp3) is 0.538. The summed E-state index contributed by atoms with van der Waals surface area (Å²) in [6, 6.07) is 6.99. The van der Waals surface area contributed by atoms with E-state index < -0.39 is 9.84 Å². The first-order valence-corrected chi connectivity index (χ1v) is 7.82. The molecule has 0 saturated carbocycles. The van der Waals surface area contributed by atoms with Gasteiger partial charge in [-0.3, -0.25) is 0 Å². The van der Waals surface area contributed by atoms with E-state index in [1.807, 2.05) is 12.1 Å². The Kier molecular flexibility index (Phi) is 5.48. The predicted molar refractivity (Wildman–Crippen MR) is 72.2 cm³/mol. The van der Waals surface area contributed by atoms with Crippen LogP contribution >= 0.6 is 0 Å². The molecule has 1 aromatic carbocycles. The molecule has 0 radical (unpaired) electrons. The summed E-state index contributed by atoms with van der Waals surface area (Å²) < 4.78 is 23.2. The van der Waals surface area contributed by atoms with E-state index in [9.17, 15) is 8.42 Å². The standard InChI is InChI=1S/C13H21NO2S/c1-3-5-6-11-14-12-7-9-13(10-8-12)17(15,16)4-2/h7-10,14H,3-6,11H2,1-2H3. The van der Waals surface area contributed by atoms with Crippen LogP contribution in [0.2, 0.25) is 0 Å². The van der Waals surface area contributed by atoms with Gasteiger partial charge in [-0.15, -0.1) is 0 Å². The van der Waals surface area contributed by atoms with Crippen molar-refractivity contribution in [3.8, 4) is 0 Å². The number of hydrogen-bond donors (Lipinski definition) is 1. The molecule has 0 spiro atoms. The first-order chi connectivity index (χ1) is 8.10. The fourth-order valence-corrected chi connectivity index (χ4v) is 2.44. The number of rotatable bonds is 7. The molecule has 0 amide bonds. The summed E-state index contributed by atoms with van der Waals surface area (Å²) in [4.78, 5) is 0.402. The Morgan fingerprint density at radius 3 is 2.24 bits per heavy atom. The first-order valence-electron chi connectivity index (χ1n) is 6.17. The Hall–Kier alpha value is -1.03. The Balaban J connectivity index is 2.57. The molecule has 0 atom stereocenters. The molecule has 4 heteroatoms. The van der Waals surface area contributed by atoms with Crippen LogP contribution in [0.3, 0.4) is 0 Å². The van der Waals surface area contributed by atoms with Crippen LogP contribution in [0.4, 0.5) is 5.69 Å². The van der Waals surface area contributed by atoms with Gasteiger partial charge in [0.2, 0.25) is 0 Å². The van der Waals surface area contributed by atoms with E-state index in [1.165, 1.54) is 12.8 Å². The Morgan fingerprint density at radius 2 is 1.71 bits per heavy atom. The molecule has 17 heavy (non-hydrogen) atoms. The van der Waals surface area contributed by atoms with Gasteiger partial charge in [-0.2, -0.15) is 0 Å². The van der Waals surface area contributed by atoms with Gasteiger partial charge in [0.05, 0.1) is 10.6 Å². The molecule has 1 rings (SSSR count). The lowest BCUT2D eigenvalue weighted by molar-refractivity contribution is 0.597. The number of unbranched alkanes of at least 4 members (excludes halogenated alkanes) is 2. The van der Waals surface area contributed by atoms with Gasteiger partial charge >= 0.3 is 0 Å². The summed E-state index contributed by atoms with van der Waals surface area (Å²) in [6.07, 6.45) is 3.57. The van der Waals surface area contributed by atoms with Crippen molar-refractivity contribution < 1.29 is 8.42 Å². The zero-order valence-corrected chi connectivity index (χ0v) is 11.4. The monoisotopic (exact) mass is 255 g/mol. The first kappa shape index (κ1) is 14.0. The van der Waals surface area contributed by atoms with E-state index in [-0.39, 0.29) is 5.75 Å². The average molecular weight is 255 g/mol. The van der Waals surface area contributed by atoms with Gasteiger partial charge in [0.25, 0.3) is 0 Å². The van der Waals surface area contributed by atoms with Crippen LogP contribution < -0.4 is 5.32 Å². The highest BCUT2D eigenvalue weighted by Gasteiger charge is 2.10. The molecule has 3 nitrogen and oxygen atoms in total. The molecule has 0 aromatic heterocycles. The van der Waals surface area contributed by atoms with Crippen LogP contribution in [0.1, 0.15) is 33.1 Å². The van der Waals surface area contributed by atoms with Crippen molar-refractivity contribution in [3.63, 3.8) is 0 Å².